The Bertz CT molecular complexity index is 884. The molecule has 8 heteroatoms. The van der Waals surface area contributed by atoms with Gasteiger partial charge in [-0.25, -0.2) is 14.2 Å². The first-order valence-electron chi connectivity index (χ1n) is 10.5. The van der Waals surface area contributed by atoms with Crippen LogP contribution in [0.5, 0.6) is 0 Å². The number of rotatable bonds is 3. The van der Waals surface area contributed by atoms with Gasteiger partial charge in [0, 0.05) is 24.0 Å². The van der Waals surface area contributed by atoms with Gasteiger partial charge in [-0.3, -0.25) is 0 Å². The molecule has 2 heterocycles. The van der Waals surface area contributed by atoms with Crippen LogP contribution in [-0.4, -0.2) is 40.5 Å². The molecule has 1 fully saturated rings. The van der Waals surface area contributed by atoms with Crippen LogP contribution in [0.2, 0.25) is 0 Å². The van der Waals surface area contributed by atoms with Gasteiger partial charge in [-0.2, -0.15) is 0 Å². The highest BCUT2D eigenvalue weighted by atomic mass is 32.1. The zero-order valence-electron chi connectivity index (χ0n) is 18.7. The fourth-order valence-corrected chi connectivity index (χ4v) is 3.10. The van der Waals surface area contributed by atoms with Crippen molar-refractivity contribution in [1.29, 1.82) is 0 Å². The second-order valence-corrected chi connectivity index (χ2v) is 7.39. The van der Waals surface area contributed by atoms with Crippen LogP contribution in [0.3, 0.4) is 0 Å². The van der Waals surface area contributed by atoms with Gasteiger partial charge in [0.25, 0.3) is 0 Å². The number of halogens is 1. The minimum Gasteiger partial charge on any atom is -0.465 e. The third-order valence-corrected chi connectivity index (χ3v) is 4.73. The molecule has 0 spiro atoms. The van der Waals surface area contributed by atoms with Gasteiger partial charge in [-0.05, 0) is 37.6 Å². The number of nitrogens with one attached hydrogen (secondary N) is 2. The lowest BCUT2D eigenvalue weighted by Gasteiger charge is -2.00. The number of aromatic nitrogens is 1. The Hall–Kier alpha value is -2.81. The van der Waals surface area contributed by atoms with Crippen LogP contribution >= 0.6 is 11.3 Å². The van der Waals surface area contributed by atoms with Crippen molar-refractivity contribution in [2.24, 2.45) is 0 Å². The summed E-state index contributed by atoms with van der Waals surface area (Å²) in [6.07, 6.45) is -0.246. The van der Waals surface area contributed by atoms with Crippen molar-refractivity contribution in [3.63, 3.8) is 0 Å². The molecule has 4 N–H and O–H groups in total. The molecule has 0 saturated carbocycles. The number of β-amino-alcohol motifs (C(OH)–C–C–N with tert-alkyl or cyclic N) is 1. The van der Waals surface area contributed by atoms with Crippen LogP contribution in [0.15, 0.2) is 59.4 Å². The number of aryl methyl sites for hydroxylation is 1. The summed E-state index contributed by atoms with van der Waals surface area (Å²) in [4.78, 5) is 14.3. The number of amides is 1. The lowest BCUT2D eigenvalue weighted by atomic mass is 10.1. The molecule has 1 saturated heterocycles. The lowest BCUT2D eigenvalue weighted by molar-refractivity contribution is 0.193. The predicted molar refractivity (Wildman–Crippen MR) is 128 cm³/mol. The van der Waals surface area contributed by atoms with E-state index >= 15 is 0 Å². The van der Waals surface area contributed by atoms with E-state index in [1.54, 1.807) is 17.4 Å². The summed E-state index contributed by atoms with van der Waals surface area (Å²) >= 11 is 1.63. The number of hydrogen-bond donors (Lipinski definition) is 4. The Morgan fingerprint density at radius 3 is 2.44 bits per heavy atom. The summed E-state index contributed by atoms with van der Waals surface area (Å²) in [6.45, 7) is 8.00. The Morgan fingerprint density at radius 2 is 1.97 bits per heavy atom. The zero-order chi connectivity index (χ0) is 23.8. The summed E-state index contributed by atoms with van der Waals surface area (Å²) < 4.78 is 12.5. The monoisotopic (exact) mass is 461 g/mol. The van der Waals surface area contributed by atoms with Crippen molar-refractivity contribution in [2.75, 3.05) is 13.1 Å². The first-order chi connectivity index (χ1) is 15.4. The van der Waals surface area contributed by atoms with Crippen molar-refractivity contribution in [3.05, 3.63) is 76.4 Å². The minimum atomic E-state index is -1.11. The topological polar surface area (TPSA) is 94.5 Å². The number of carbonyl (C=O) groups is 1. The molecular formula is C24H32FN3O3S. The van der Waals surface area contributed by atoms with Gasteiger partial charge in [0.2, 0.25) is 0 Å². The van der Waals surface area contributed by atoms with E-state index in [-0.39, 0.29) is 18.5 Å². The van der Waals surface area contributed by atoms with Gasteiger partial charge in [0.05, 0.1) is 17.3 Å². The van der Waals surface area contributed by atoms with Crippen LogP contribution in [0.4, 0.5) is 9.18 Å². The largest absolute Gasteiger partial charge is 0.465 e. The van der Waals surface area contributed by atoms with Crippen LogP contribution in [0, 0.1) is 12.7 Å². The maximum atomic E-state index is 12.5. The molecule has 0 radical (unpaired) electrons. The van der Waals surface area contributed by atoms with E-state index in [0.29, 0.717) is 5.56 Å². The first-order valence-corrected chi connectivity index (χ1v) is 11.4. The molecule has 6 nitrogen and oxygen atoms in total. The molecular weight excluding hydrogens is 429 g/mol. The van der Waals surface area contributed by atoms with Crippen molar-refractivity contribution in [3.8, 4) is 11.3 Å². The fraction of sp³-hybridized carbons (Fsp3) is 0.333. The molecule has 1 aliphatic rings. The molecule has 0 bridgehead atoms. The van der Waals surface area contributed by atoms with Gasteiger partial charge < -0.3 is 20.8 Å². The Labute approximate surface area is 193 Å². The minimum absolute atomic E-state index is 0.0648. The van der Waals surface area contributed by atoms with Gasteiger partial charge in [0.15, 0.2) is 0 Å². The summed E-state index contributed by atoms with van der Waals surface area (Å²) in [5.74, 6) is -0.361. The molecule has 32 heavy (non-hydrogen) atoms. The molecule has 1 amide bonds. The van der Waals surface area contributed by atoms with Crippen molar-refractivity contribution in [2.45, 2.75) is 39.8 Å². The highest BCUT2D eigenvalue weighted by Crippen LogP contribution is 2.18. The highest BCUT2D eigenvalue weighted by molar-refractivity contribution is 7.07. The predicted octanol–water partition coefficient (Wildman–Crippen LogP) is 5.08. The maximum absolute atomic E-state index is 12.5. The normalized spacial score (nSPS) is 14.0. The van der Waals surface area contributed by atoms with Gasteiger partial charge in [-0.15, -0.1) is 11.3 Å². The highest BCUT2D eigenvalue weighted by Gasteiger charge is 2.08. The third kappa shape index (κ3) is 11.5. The smallest absolute Gasteiger partial charge is 0.404 e. The zero-order valence-corrected chi connectivity index (χ0v) is 19.5. The molecule has 0 aliphatic carbocycles. The lowest BCUT2D eigenvalue weighted by Crippen LogP contribution is -2.19. The Balaban J connectivity index is 0.000000242. The van der Waals surface area contributed by atoms with E-state index in [4.69, 9.17) is 10.2 Å². The van der Waals surface area contributed by atoms with Crippen LogP contribution in [-0.2, 0) is 6.54 Å². The maximum Gasteiger partial charge on any atom is 0.404 e. The van der Waals surface area contributed by atoms with E-state index < -0.39 is 6.09 Å². The number of carboxylic acid groups (broad SMARTS) is 1. The summed E-state index contributed by atoms with van der Waals surface area (Å²) in [5.41, 5.74) is 6.02. The summed E-state index contributed by atoms with van der Waals surface area (Å²) in [7, 11) is 0. The van der Waals surface area contributed by atoms with Gasteiger partial charge >= 0.3 is 6.09 Å². The molecule has 174 valence electrons. The SMILES string of the molecule is CC.Cc1ccc(-c2cscn2)cc1.O=C(O)NCc1cccc(F)c1.OC1CCNC1. The van der Waals surface area contributed by atoms with Crippen LogP contribution < -0.4 is 10.6 Å². The van der Waals surface area contributed by atoms with E-state index in [1.807, 2.05) is 19.4 Å². The average molecular weight is 462 g/mol. The Kier molecular flexibility index (Phi) is 13.5. The van der Waals surface area contributed by atoms with Gasteiger partial charge in [0.1, 0.15) is 5.82 Å². The summed E-state index contributed by atoms with van der Waals surface area (Å²) in [5, 5.41) is 24.1. The molecule has 4 rings (SSSR count). The summed E-state index contributed by atoms with van der Waals surface area (Å²) in [6, 6.07) is 14.2. The molecule has 1 aliphatic heterocycles. The number of hydrogen-bond acceptors (Lipinski definition) is 5. The first kappa shape index (κ1) is 27.2. The molecule has 1 unspecified atom stereocenters. The number of benzene rings is 2. The Morgan fingerprint density at radius 1 is 1.25 bits per heavy atom. The third-order valence-electron chi connectivity index (χ3n) is 4.15. The number of aliphatic hydroxyl groups is 1. The van der Waals surface area contributed by atoms with E-state index in [1.165, 1.54) is 29.3 Å². The van der Waals surface area contributed by atoms with E-state index in [0.717, 1.165) is 25.2 Å². The van der Waals surface area contributed by atoms with Crippen molar-refractivity contribution >= 4 is 17.4 Å². The van der Waals surface area contributed by atoms with Crippen molar-refractivity contribution < 1.29 is 19.4 Å². The van der Waals surface area contributed by atoms with Crippen LogP contribution in [0.25, 0.3) is 11.3 Å². The molecule has 1 atom stereocenters. The van der Waals surface area contributed by atoms with E-state index in [9.17, 15) is 9.18 Å². The quantitative estimate of drug-likeness (QED) is 0.436. The average Bonchev–Trinajstić information content (AvgIpc) is 3.50. The van der Waals surface area contributed by atoms with Crippen molar-refractivity contribution in [1.82, 2.24) is 15.6 Å². The second-order valence-electron chi connectivity index (χ2n) is 6.67. The number of aliphatic hydroxyl groups excluding tert-OH is 1. The second kappa shape index (κ2) is 15.9. The number of nitrogens with zero attached hydrogens (tertiary/aromatic N) is 1. The van der Waals surface area contributed by atoms with Gasteiger partial charge in [-0.1, -0.05) is 55.8 Å². The fourth-order valence-electron chi connectivity index (χ4n) is 2.54. The van der Waals surface area contributed by atoms with Crippen LogP contribution in [0.1, 0.15) is 31.4 Å². The number of thiazole rings is 1. The molecule has 1 aromatic heterocycles. The van der Waals surface area contributed by atoms with E-state index in [2.05, 4.69) is 52.2 Å². The molecule has 2 aromatic carbocycles. The molecule has 3 aromatic rings. The standard InChI is InChI=1S/C10H9NS.C8H8FNO2.C4H9NO.C2H6/c1-8-2-4-9(5-3-8)10-6-12-7-11-10;9-7-3-1-2-6(4-7)5-10-8(11)12;6-4-1-2-5-3-4;1-2/h2-7H,1H3;1-4,10H,5H2,(H,11,12);4-6H,1-3H2;1-2H3.